The van der Waals surface area contributed by atoms with Gasteiger partial charge in [-0.1, -0.05) is 39.0 Å². The number of anilines is 1. The molecule has 1 atom stereocenters. The van der Waals surface area contributed by atoms with E-state index in [1.807, 2.05) is 36.5 Å². The average Bonchev–Trinajstić information content (AvgIpc) is 2.68. The van der Waals surface area contributed by atoms with Crippen LogP contribution in [0.1, 0.15) is 49.2 Å². The SMILES string of the molecule is CC(C)(C)CC(NC(=O)c1ccc(-c2ncccc2N)cc1)c1cccnc1. The fraction of sp³-hybridized carbons (Fsp3) is 0.261. The maximum Gasteiger partial charge on any atom is 0.251 e. The van der Waals surface area contributed by atoms with E-state index in [2.05, 4.69) is 36.1 Å². The second-order valence-corrected chi connectivity index (χ2v) is 8.10. The highest BCUT2D eigenvalue weighted by Gasteiger charge is 2.22. The van der Waals surface area contributed by atoms with Crippen LogP contribution in [0, 0.1) is 5.41 Å². The van der Waals surface area contributed by atoms with Crippen LogP contribution in [0.2, 0.25) is 0 Å². The molecule has 1 amide bonds. The number of aromatic nitrogens is 2. The van der Waals surface area contributed by atoms with Crippen LogP contribution < -0.4 is 11.1 Å². The highest BCUT2D eigenvalue weighted by Crippen LogP contribution is 2.29. The summed E-state index contributed by atoms with van der Waals surface area (Å²) in [6.07, 6.45) is 6.06. The van der Waals surface area contributed by atoms with Gasteiger partial charge in [-0.15, -0.1) is 0 Å². The molecule has 0 bridgehead atoms. The number of benzene rings is 1. The minimum Gasteiger partial charge on any atom is -0.397 e. The second kappa shape index (κ2) is 8.21. The summed E-state index contributed by atoms with van der Waals surface area (Å²) in [5.74, 6) is -0.112. The molecule has 28 heavy (non-hydrogen) atoms. The van der Waals surface area contributed by atoms with Gasteiger partial charge in [0.1, 0.15) is 0 Å². The van der Waals surface area contributed by atoms with Crippen LogP contribution in [0.4, 0.5) is 5.69 Å². The Morgan fingerprint density at radius 1 is 1.07 bits per heavy atom. The Labute approximate surface area is 166 Å². The number of nitrogens with zero attached hydrogens (tertiary/aromatic N) is 2. The lowest BCUT2D eigenvalue weighted by Gasteiger charge is -2.27. The highest BCUT2D eigenvalue weighted by atomic mass is 16.1. The lowest BCUT2D eigenvalue weighted by molar-refractivity contribution is 0.0926. The number of hydrogen-bond donors (Lipinski definition) is 2. The van der Waals surface area contributed by atoms with Gasteiger partial charge in [0.25, 0.3) is 5.91 Å². The third-order valence-corrected chi connectivity index (χ3v) is 4.47. The number of hydrogen-bond acceptors (Lipinski definition) is 4. The monoisotopic (exact) mass is 374 g/mol. The molecule has 0 aliphatic carbocycles. The van der Waals surface area contributed by atoms with Crippen LogP contribution in [0.15, 0.2) is 67.1 Å². The normalized spacial score (nSPS) is 12.4. The summed E-state index contributed by atoms with van der Waals surface area (Å²) in [7, 11) is 0. The van der Waals surface area contributed by atoms with E-state index in [0.29, 0.717) is 11.3 Å². The van der Waals surface area contributed by atoms with Gasteiger partial charge < -0.3 is 11.1 Å². The van der Waals surface area contributed by atoms with Gasteiger partial charge in [-0.2, -0.15) is 0 Å². The number of nitrogens with two attached hydrogens (primary N) is 1. The number of pyridine rings is 2. The van der Waals surface area contributed by atoms with Crippen LogP contribution in [0.25, 0.3) is 11.3 Å². The quantitative estimate of drug-likeness (QED) is 0.682. The summed E-state index contributed by atoms with van der Waals surface area (Å²) in [6, 6.07) is 14.7. The Kier molecular flexibility index (Phi) is 5.73. The first kappa shape index (κ1) is 19.5. The number of amides is 1. The summed E-state index contributed by atoms with van der Waals surface area (Å²) in [5, 5.41) is 3.16. The van der Waals surface area contributed by atoms with Gasteiger partial charge in [-0.3, -0.25) is 14.8 Å². The van der Waals surface area contributed by atoms with Crippen LogP contribution in [-0.4, -0.2) is 15.9 Å². The molecule has 0 aliphatic rings. The van der Waals surface area contributed by atoms with Gasteiger partial charge in [0.15, 0.2) is 0 Å². The molecule has 5 nitrogen and oxygen atoms in total. The first-order valence-electron chi connectivity index (χ1n) is 9.35. The molecular formula is C23H26N4O. The highest BCUT2D eigenvalue weighted by molar-refractivity contribution is 5.95. The predicted molar refractivity (Wildman–Crippen MR) is 113 cm³/mol. The third kappa shape index (κ3) is 4.94. The minimum atomic E-state index is -0.112. The molecule has 2 aromatic heterocycles. The van der Waals surface area contributed by atoms with E-state index in [9.17, 15) is 4.79 Å². The van der Waals surface area contributed by atoms with E-state index in [1.54, 1.807) is 30.6 Å². The Balaban J connectivity index is 1.79. The molecule has 1 unspecified atom stereocenters. The zero-order valence-corrected chi connectivity index (χ0v) is 16.5. The van der Waals surface area contributed by atoms with E-state index in [1.165, 1.54) is 0 Å². The third-order valence-electron chi connectivity index (χ3n) is 4.47. The molecule has 0 aliphatic heterocycles. The van der Waals surface area contributed by atoms with E-state index in [4.69, 9.17) is 5.73 Å². The maximum atomic E-state index is 12.9. The fourth-order valence-electron chi connectivity index (χ4n) is 3.13. The summed E-state index contributed by atoms with van der Waals surface area (Å²) >= 11 is 0. The molecular weight excluding hydrogens is 348 g/mol. The zero-order chi connectivity index (χ0) is 20.1. The van der Waals surface area contributed by atoms with Crippen molar-refractivity contribution in [3.05, 3.63) is 78.2 Å². The van der Waals surface area contributed by atoms with Crippen LogP contribution >= 0.6 is 0 Å². The predicted octanol–water partition coefficient (Wildman–Crippen LogP) is 4.63. The number of carbonyl (C=O) groups excluding carboxylic acids is 1. The summed E-state index contributed by atoms with van der Waals surface area (Å²) in [4.78, 5) is 21.4. The molecule has 1 aromatic carbocycles. The number of nitrogen functional groups attached to an aromatic ring is 1. The van der Waals surface area contributed by atoms with Gasteiger partial charge in [0.2, 0.25) is 0 Å². The van der Waals surface area contributed by atoms with Crippen LogP contribution in [-0.2, 0) is 0 Å². The van der Waals surface area contributed by atoms with Gasteiger partial charge in [0, 0.05) is 29.7 Å². The molecule has 5 heteroatoms. The Morgan fingerprint density at radius 2 is 1.79 bits per heavy atom. The lowest BCUT2D eigenvalue weighted by atomic mass is 9.85. The molecule has 0 radical (unpaired) electrons. The topological polar surface area (TPSA) is 80.9 Å². The lowest BCUT2D eigenvalue weighted by Crippen LogP contribution is -2.31. The van der Waals surface area contributed by atoms with Crippen molar-refractivity contribution in [2.45, 2.75) is 33.2 Å². The van der Waals surface area contributed by atoms with Crippen molar-refractivity contribution in [3.63, 3.8) is 0 Å². The maximum absolute atomic E-state index is 12.9. The molecule has 144 valence electrons. The summed E-state index contributed by atoms with van der Waals surface area (Å²) in [5.41, 5.74) is 9.87. The molecule has 0 saturated carbocycles. The van der Waals surface area contributed by atoms with Crippen molar-refractivity contribution < 1.29 is 4.79 Å². The Bertz CT molecular complexity index is 931. The molecule has 3 N–H and O–H groups in total. The smallest absolute Gasteiger partial charge is 0.251 e. The Hall–Kier alpha value is -3.21. The largest absolute Gasteiger partial charge is 0.397 e. The van der Waals surface area contributed by atoms with Crippen LogP contribution in [0.5, 0.6) is 0 Å². The summed E-state index contributed by atoms with van der Waals surface area (Å²) in [6.45, 7) is 6.48. The van der Waals surface area contributed by atoms with Crippen LogP contribution in [0.3, 0.4) is 0 Å². The average molecular weight is 374 g/mol. The van der Waals surface area contributed by atoms with Gasteiger partial charge >= 0.3 is 0 Å². The molecule has 0 fully saturated rings. The number of nitrogens with one attached hydrogen (secondary N) is 1. The van der Waals surface area contributed by atoms with Crippen molar-refractivity contribution in [1.82, 2.24) is 15.3 Å². The van der Waals surface area contributed by atoms with Crippen molar-refractivity contribution in [3.8, 4) is 11.3 Å². The van der Waals surface area contributed by atoms with E-state index < -0.39 is 0 Å². The first-order valence-corrected chi connectivity index (χ1v) is 9.35. The number of carbonyl (C=O) groups is 1. The van der Waals surface area contributed by atoms with E-state index in [-0.39, 0.29) is 17.4 Å². The fourth-order valence-corrected chi connectivity index (χ4v) is 3.13. The van der Waals surface area contributed by atoms with E-state index in [0.717, 1.165) is 23.2 Å². The van der Waals surface area contributed by atoms with E-state index >= 15 is 0 Å². The van der Waals surface area contributed by atoms with Crippen molar-refractivity contribution in [2.24, 2.45) is 5.41 Å². The Morgan fingerprint density at radius 3 is 2.39 bits per heavy atom. The van der Waals surface area contributed by atoms with Crippen molar-refractivity contribution in [1.29, 1.82) is 0 Å². The second-order valence-electron chi connectivity index (χ2n) is 8.10. The first-order chi connectivity index (χ1) is 13.3. The zero-order valence-electron chi connectivity index (χ0n) is 16.5. The van der Waals surface area contributed by atoms with Gasteiger partial charge in [0.05, 0.1) is 17.4 Å². The molecule has 3 aromatic rings. The molecule has 0 spiro atoms. The van der Waals surface area contributed by atoms with Crippen molar-refractivity contribution >= 4 is 11.6 Å². The van der Waals surface area contributed by atoms with Gasteiger partial charge in [-0.25, -0.2) is 0 Å². The van der Waals surface area contributed by atoms with Gasteiger partial charge in [-0.05, 0) is 47.7 Å². The molecule has 2 heterocycles. The van der Waals surface area contributed by atoms with Crippen molar-refractivity contribution in [2.75, 3.05) is 5.73 Å². The molecule has 3 rings (SSSR count). The standard InChI is InChI=1S/C23H26N4O/c1-23(2,3)14-20(18-6-4-12-25-15-18)27-22(28)17-10-8-16(9-11-17)21-19(24)7-5-13-26-21/h4-13,15,20H,14,24H2,1-3H3,(H,27,28). The minimum absolute atomic E-state index is 0.0636. The molecule has 0 saturated heterocycles. The number of rotatable bonds is 5. The summed E-state index contributed by atoms with van der Waals surface area (Å²) < 4.78 is 0.